The molecule has 0 aromatic heterocycles. The van der Waals surface area contributed by atoms with Crippen molar-refractivity contribution in [1.29, 1.82) is 0 Å². The van der Waals surface area contributed by atoms with Crippen molar-refractivity contribution >= 4 is 5.91 Å². The van der Waals surface area contributed by atoms with Gasteiger partial charge in [0.05, 0.1) is 6.54 Å². The predicted octanol–water partition coefficient (Wildman–Crippen LogP) is 3.80. The minimum atomic E-state index is -0.618. The van der Waals surface area contributed by atoms with Gasteiger partial charge in [-0.3, -0.25) is 4.79 Å². The number of hydrogen-bond acceptors (Lipinski definition) is 3. The Morgan fingerprint density at radius 1 is 1.08 bits per heavy atom. The maximum atomic E-state index is 12.9. The van der Waals surface area contributed by atoms with Gasteiger partial charge in [-0.05, 0) is 67.8 Å². The van der Waals surface area contributed by atoms with Crippen LogP contribution in [0.4, 0.5) is 4.39 Å². The molecular formula is C20H24FNO3. The molecule has 4 nitrogen and oxygen atoms in total. The SMILES string of the molecule is CCC(Oc1ccc(F)cc1)C(=O)NCCOc1ccc(C)c(C)c1. The topological polar surface area (TPSA) is 47.6 Å². The standard InChI is InChI=1S/C20H24FNO3/c1-4-19(25-17-9-6-16(21)7-10-17)20(23)22-11-12-24-18-8-5-14(2)15(3)13-18/h5-10,13,19H,4,11-12H2,1-3H3,(H,22,23). The number of ether oxygens (including phenoxy) is 2. The highest BCUT2D eigenvalue weighted by Gasteiger charge is 2.17. The van der Waals surface area contributed by atoms with Crippen LogP contribution in [0.15, 0.2) is 42.5 Å². The molecule has 0 aliphatic heterocycles. The highest BCUT2D eigenvalue weighted by molar-refractivity contribution is 5.81. The number of hydrogen-bond donors (Lipinski definition) is 1. The number of carbonyl (C=O) groups is 1. The summed E-state index contributed by atoms with van der Waals surface area (Å²) in [5.74, 6) is 0.700. The molecule has 2 aromatic carbocycles. The van der Waals surface area contributed by atoms with Crippen molar-refractivity contribution < 1.29 is 18.7 Å². The van der Waals surface area contributed by atoms with Gasteiger partial charge in [-0.1, -0.05) is 13.0 Å². The average molecular weight is 345 g/mol. The number of aryl methyl sites for hydroxylation is 2. The first kappa shape index (κ1) is 18.8. The number of nitrogens with one attached hydrogen (secondary N) is 1. The molecule has 1 atom stereocenters. The first-order valence-corrected chi connectivity index (χ1v) is 8.39. The number of amides is 1. The molecule has 0 saturated carbocycles. The van der Waals surface area contributed by atoms with E-state index in [-0.39, 0.29) is 11.7 Å². The summed E-state index contributed by atoms with van der Waals surface area (Å²) in [7, 11) is 0. The summed E-state index contributed by atoms with van der Waals surface area (Å²) in [4.78, 5) is 12.2. The highest BCUT2D eigenvalue weighted by Crippen LogP contribution is 2.16. The maximum Gasteiger partial charge on any atom is 0.261 e. The van der Waals surface area contributed by atoms with Crippen molar-refractivity contribution in [1.82, 2.24) is 5.32 Å². The van der Waals surface area contributed by atoms with E-state index >= 15 is 0 Å². The van der Waals surface area contributed by atoms with Crippen LogP contribution in [-0.2, 0) is 4.79 Å². The van der Waals surface area contributed by atoms with Crippen LogP contribution >= 0.6 is 0 Å². The predicted molar refractivity (Wildman–Crippen MR) is 95.5 cm³/mol. The van der Waals surface area contributed by atoms with Gasteiger partial charge in [0.1, 0.15) is 23.9 Å². The van der Waals surface area contributed by atoms with E-state index in [4.69, 9.17) is 9.47 Å². The molecule has 0 spiro atoms. The lowest BCUT2D eigenvalue weighted by molar-refractivity contribution is -0.128. The molecule has 0 fully saturated rings. The van der Waals surface area contributed by atoms with E-state index in [2.05, 4.69) is 5.32 Å². The van der Waals surface area contributed by atoms with E-state index in [0.717, 1.165) is 5.75 Å². The van der Waals surface area contributed by atoms with Crippen molar-refractivity contribution in [2.24, 2.45) is 0 Å². The lowest BCUT2D eigenvalue weighted by atomic mass is 10.1. The van der Waals surface area contributed by atoms with Crippen molar-refractivity contribution in [2.45, 2.75) is 33.3 Å². The molecule has 1 N–H and O–H groups in total. The van der Waals surface area contributed by atoms with Gasteiger partial charge in [-0.2, -0.15) is 0 Å². The summed E-state index contributed by atoms with van der Waals surface area (Å²) in [5.41, 5.74) is 2.38. The van der Waals surface area contributed by atoms with Crippen LogP contribution in [0.1, 0.15) is 24.5 Å². The molecule has 5 heteroatoms. The van der Waals surface area contributed by atoms with Gasteiger partial charge in [-0.15, -0.1) is 0 Å². The van der Waals surface area contributed by atoms with E-state index in [1.54, 1.807) is 0 Å². The van der Waals surface area contributed by atoms with Crippen molar-refractivity contribution in [3.63, 3.8) is 0 Å². The number of carbonyl (C=O) groups excluding carboxylic acids is 1. The minimum absolute atomic E-state index is 0.212. The number of benzene rings is 2. The largest absolute Gasteiger partial charge is 0.492 e. The second kappa shape index (κ2) is 9.06. The van der Waals surface area contributed by atoms with Crippen LogP contribution in [0.25, 0.3) is 0 Å². The van der Waals surface area contributed by atoms with E-state index in [1.165, 1.54) is 35.4 Å². The first-order valence-electron chi connectivity index (χ1n) is 8.39. The molecule has 134 valence electrons. The number of halogens is 1. The fourth-order valence-electron chi connectivity index (χ4n) is 2.26. The molecule has 1 amide bonds. The Morgan fingerprint density at radius 3 is 2.40 bits per heavy atom. The van der Waals surface area contributed by atoms with Gasteiger partial charge in [0.15, 0.2) is 6.10 Å². The lowest BCUT2D eigenvalue weighted by Gasteiger charge is -2.17. The Bertz CT molecular complexity index is 701. The molecule has 2 aromatic rings. The van der Waals surface area contributed by atoms with Gasteiger partial charge in [-0.25, -0.2) is 4.39 Å². The van der Waals surface area contributed by atoms with Crippen LogP contribution in [0.3, 0.4) is 0 Å². The molecule has 0 bridgehead atoms. The Morgan fingerprint density at radius 2 is 1.76 bits per heavy atom. The zero-order chi connectivity index (χ0) is 18.2. The summed E-state index contributed by atoms with van der Waals surface area (Å²) < 4.78 is 24.2. The van der Waals surface area contributed by atoms with Crippen molar-refractivity contribution in [2.75, 3.05) is 13.2 Å². The monoisotopic (exact) mass is 345 g/mol. The Kier molecular flexibility index (Phi) is 6.81. The second-order valence-corrected chi connectivity index (χ2v) is 5.85. The zero-order valence-electron chi connectivity index (χ0n) is 14.8. The van der Waals surface area contributed by atoms with Crippen molar-refractivity contribution in [3.05, 3.63) is 59.4 Å². The van der Waals surface area contributed by atoms with Crippen LogP contribution in [0.5, 0.6) is 11.5 Å². The molecule has 25 heavy (non-hydrogen) atoms. The maximum absolute atomic E-state index is 12.9. The van der Waals surface area contributed by atoms with Crippen LogP contribution in [0, 0.1) is 19.7 Å². The van der Waals surface area contributed by atoms with E-state index < -0.39 is 6.10 Å². The van der Waals surface area contributed by atoms with Gasteiger partial charge in [0, 0.05) is 0 Å². The Hall–Kier alpha value is -2.56. The summed E-state index contributed by atoms with van der Waals surface area (Å²) in [6, 6.07) is 11.5. The second-order valence-electron chi connectivity index (χ2n) is 5.85. The van der Waals surface area contributed by atoms with E-state index in [1.807, 2.05) is 39.0 Å². The molecule has 0 heterocycles. The average Bonchev–Trinajstić information content (AvgIpc) is 2.61. The molecule has 0 saturated heterocycles. The van der Waals surface area contributed by atoms with Crippen molar-refractivity contribution in [3.8, 4) is 11.5 Å². The molecule has 1 unspecified atom stereocenters. The minimum Gasteiger partial charge on any atom is -0.492 e. The molecule has 0 aliphatic rings. The summed E-state index contributed by atoms with van der Waals surface area (Å²) in [5, 5.41) is 2.80. The van der Waals surface area contributed by atoms with Crippen LogP contribution in [-0.4, -0.2) is 25.2 Å². The summed E-state index contributed by atoms with van der Waals surface area (Å²) in [6.45, 7) is 6.70. The molecule has 0 aliphatic carbocycles. The third-order valence-corrected chi connectivity index (χ3v) is 3.90. The fraction of sp³-hybridized carbons (Fsp3) is 0.350. The fourth-order valence-corrected chi connectivity index (χ4v) is 2.26. The number of rotatable bonds is 8. The summed E-state index contributed by atoms with van der Waals surface area (Å²) >= 11 is 0. The molecule has 2 rings (SSSR count). The quantitative estimate of drug-likeness (QED) is 0.741. The molecule has 0 radical (unpaired) electrons. The lowest BCUT2D eigenvalue weighted by Crippen LogP contribution is -2.39. The Balaban J connectivity index is 1.77. The Labute approximate surface area is 148 Å². The highest BCUT2D eigenvalue weighted by atomic mass is 19.1. The molecular weight excluding hydrogens is 321 g/mol. The normalized spacial score (nSPS) is 11.7. The van der Waals surface area contributed by atoms with E-state index in [0.29, 0.717) is 25.3 Å². The third-order valence-electron chi connectivity index (χ3n) is 3.90. The summed E-state index contributed by atoms with van der Waals surface area (Å²) in [6.07, 6.45) is -0.103. The van der Waals surface area contributed by atoms with Crippen LogP contribution < -0.4 is 14.8 Å². The zero-order valence-corrected chi connectivity index (χ0v) is 14.8. The van der Waals surface area contributed by atoms with Gasteiger partial charge in [0.25, 0.3) is 5.91 Å². The van der Waals surface area contributed by atoms with Gasteiger partial charge in [0.2, 0.25) is 0 Å². The first-order chi connectivity index (χ1) is 12.0. The van der Waals surface area contributed by atoms with Crippen LogP contribution in [0.2, 0.25) is 0 Å². The third kappa shape index (κ3) is 5.78. The van der Waals surface area contributed by atoms with Gasteiger partial charge < -0.3 is 14.8 Å². The smallest absolute Gasteiger partial charge is 0.261 e. The van der Waals surface area contributed by atoms with Gasteiger partial charge >= 0.3 is 0 Å². The van der Waals surface area contributed by atoms with E-state index in [9.17, 15) is 9.18 Å².